The first kappa shape index (κ1) is 9.19. The van der Waals surface area contributed by atoms with E-state index in [1.54, 1.807) is 5.38 Å². The molecule has 0 aromatic carbocycles. The number of carbonyl (C=O) groups excluding carboxylic acids is 1. The van der Waals surface area contributed by atoms with E-state index < -0.39 is 6.04 Å². The molecule has 3 N–H and O–H groups in total. The van der Waals surface area contributed by atoms with Gasteiger partial charge in [-0.15, -0.1) is 11.3 Å². The largest absolute Gasteiger partial charge is 0.368 e. The summed E-state index contributed by atoms with van der Waals surface area (Å²) >= 11 is 1.43. The van der Waals surface area contributed by atoms with E-state index in [1.807, 2.05) is 0 Å². The number of nitrogens with two attached hydrogens (primary N) is 1. The monoisotopic (exact) mass is 207 g/mol. The maximum atomic E-state index is 11.1. The lowest BCUT2D eigenvalue weighted by Gasteiger charge is -2.21. The molecule has 0 bridgehead atoms. The molecule has 5 heteroatoms. The minimum Gasteiger partial charge on any atom is -0.368 e. The first-order chi connectivity index (χ1) is 6.74. The summed E-state index contributed by atoms with van der Waals surface area (Å²) in [6, 6.07) is 1.71. The smallest absolute Gasteiger partial charge is 0.240 e. The highest BCUT2D eigenvalue weighted by Gasteiger charge is 2.27. The number of hydrogen-bond acceptors (Lipinski definition) is 4. The normalized spacial score (nSPS) is 19.8. The molecule has 1 aliphatic rings. The van der Waals surface area contributed by atoms with E-state index in [1.165, 1.54) is 11.3 Å². The summed E-state index contributed by atoms with van der Waals surface area (Å²) in [5.41, 5.74) is 6.92. The standard InChI is InChI=1S/C9H9N3OS/c10-3-5-4-14-8-6(5)1-2-12-7(8)9(11)13/h4,7,12H,1-2H2,(H2,11,13). The topological polar surface area (TPSA) is 78.9 Å². The van der Waals surface area contributed by atoms with Gasteiger partial charge in [0.1, 0.15) is 12.1 Å². The average Bonchev–Trinajstić information content (AvgIpc) is 2.59. The van der Waals surface area contributed by atoms with Gasteiger partial charge in [0.15, 0.2) is 0 Å². The summed E-state index contributed by atoms with van der Waals surface area (Å²) < 4.78 is 0. The number of fused-ring (bicyclic) bond motifs is 1. The van der Waals surface area contributed by atoms with Gasteiger partial charge in [0, 0.05) is 16.8 Å². The summed E-state index contributed by atoms with van der Waals surface area (Å²) in [6.07, 6.45) is 0.797. The maximum absolute atomic E-state index is 11.1. The number of carbonyl (C=O) groups is 1. The molecule has 1 amide bonds. The molecule has 1 atom stereocenters. The fraction of sp³-hybridized carbons (Fsp3) is 0.333. The molecule has 1 aromatic heterocycles. The van der Waals surface area contributed by atoms with Crippen LogP contribution in [0.15, 0.2) is 5.38 Å². The molecular weight excluding hydrogens is 198 g/mol. The van der Waals surface area contributed by atoms with Crippen molar-refractivity contribution in [3.63, 3.8) is 0 Å². The van der Waals surface area contributed by atoms with Crippen molar-refractivity contribution >= 4 is 17.2 Å². The number of nitrogens with zero attached hydrogens (tertiary/aromatic N) is 1. The highest BCUT2D eigenvalue weighted by molar-refractivity contribution is 7.10. The molecule has 4 nitrogen and oxygen atoms in total. The second-order valence-electron chi connectivity index (χ2n) is 3.14. The summed E-state index contributed by atoms with van der Waals surface area (Å²) in [5, 5.41) is 13.7. The van der Waals surface area contributed by atoms with E-state index in [-0.39, 0.29) is 5.91 Å². The van der Waals surface area contributed by atoms with Crippen molar-refractivity contribution in [2.75, 3.05) is 6.54 Å². The van der Waals surface area contributed by atoms with Crippen LogP contribution in [0.3, 0.4) is 0 Å². The van der Waals surface area contributed by atoms with Gasteiger partial charge in [0.25, 0.3) is 0 Å². The van der Waals surface area contributed by atoms with Gasteiger partial charge in [0.2, 0.25) is 5.91 Å². The second-order valence-corrected chi connectivity index (χ2v) is 4.05. The Morgan fingerprint density at radius 3 is 3.21 bits per heavy atom. The molecule has 2 rings (SSSR count). The van der Waals surface area contributed by atoms with Crippen LogP contribution in [0.25, 0.3) is 0 Å². The zero-order valence-corrected chi connectivity index (χ0v) is 8.23. The van der Waals surface area contributed by atoms with E-state index in [9.17, 15) is 4.79 Å². The van der Waals surface area contributed by atoms with Crippen molar-refractivity contribution in [1.29, 1.82) is 5.26 Å². The summed E-state index contributed by atoms with van der Waals surface area (Å²) in [4.78, 5) is 12.0. The first-order valence-electron chi connectivity index (χ1n) is 4.27. The summed E-state index contributed by atoms with van der Waals surface area (Å²) in [6.45, 7) is 0.700. The number of primary amides is 1. The van der Waals surface area contributed by atoms with E-state index in [2.05, 4.69) is 11.4 Å². The van der Waals surface area contributed by atoms with Crippen LogP contribution >= 0.6 is 11.3 Å². The van der Waals surface area contributed by atoms with Gasteiger partial charge < -0.3 is 11.1 Å². The number of nitriles is 1. The number of amides is 1. The Bertz CT molecular complexity index is 418. The third kappa shape index (κ3) is 1.29. The molecule has 72 valence electrons. The zero-order valence-electron chi connectivity index (χ0n) is 7.41. The van der Waals surface area contributed by atoms with Gasteiger partial charge in [-0.3, -0.25) is 4.79 Å². The van der Waals surface area contributed by atoms with Crippen molar-refractivity contribution in [2.45, 2.75) is 12.5 Å². The summed E-state index contributed by atoms with van der Waals surface area (Å²) in [7, 11) is 0. The van der Waals surface area contributed by atoms with Gasteiger partial charge in [-0.2, -0.15) is 5.26 Å². The Labute approximate surface area is 85.3 Å². The molecule has 0 fully saturated rings. The average molecular weight is 207 g/mol. The van der Waals surface area contributed by atoms with Crippen LogP contribution < -0.4 is 11.1 Å². The Kier molecular flexibility index (Phi) is 2.23. The Balaban J connectivity index is 2.47. The zero-order chi connectivity index (χ0) is 10.1. The van der Waals surface area contributed by atoms with Crippen LogP contribution in [0.1, 0.15) is 22.0 Å². The fourth-order valence-electron chi connectivity index (χ4n) is 1.66. The number of thiophene rings is 1. The molecule has 1 unspecified atom stereocenters. The molecule has 1 aliphatic heterocycles. The van der Waals surface area contributed by atoms with E-state index >= 15 is 0 Å². The van der Waals surface area contributed by atoms with Gasteiger partial charge >= 0.3 is 0 Å². The van der Waals surface area contributed by atoms with E-state index in [0.717, 1.165) is 16.9 Å². The highest BCUT2D eigenvalue weighted by Crippen LogP contribution is 2.31. The Hall–Kier alpha value is -1.38. The maximum Gasteiger partial charge on any atom is 0.240 e. The van der Waals surface area contributed by atoms with Crippen LogP contribution in [0.2, 0.25) is 0 Å². The highest BCUT2D eigenvalue weighted by atomic mass is 32.1. The van der Waals surface area contributed by atoms with Crippen LogP contribution in [-0.4, -0.2) is 12.5 Å². The predicted octanol–water partition coefficient (Wildman–Crippen LogP) is 0.292. The lowest BCUT2D eigenvalue weighted by molar-refractivity contribution is -0.120. The van der Waals surface area contributed by atoms with Crippen molar-refractivity contribution in [3.05, 3.63) is 21.4 Å². The molecular formula is C9H9N3OS. The van der Waals surface area contributed by atoms with Crippen molar-refractivity contribution in [2.24, 2.45) is 5.73 Å². The number of rotatable bonds is 1. The first-order valence-corrected chi connectivity index (χ1v) is 5.15. The quantitative estimate of drug-likeness (QED) is 0.694. The number of nitrogens with one attached hydrogen (secondary N) is 1. The van der Waals surface area contributed by atoms with E-state index in [4.69, 9.17) is 11.0 Å². The molecule has 0 saturated carbocycles. The molecule has 2 heterocycles. The van der Waals surface area contributed by atoms with Gasteiger partial charge in [-0.05, 0) is 12.0 Å². The van der Waals surface area contributed by atoms with Gasteiger partial charge in [-0.25, -0.2) is 0 Å². The van der Waals surface area contributed by atoms with Crippen LogP contribution in [-0.2, 0) is 11.2 Å². The van der Waals surface area contributed by atoms with Crippen LogP contribution in [0, 0.1) is 11.3 Å². The third-order valence-corrected chi connectivity index (χ3v) is 3.41. The Morgan fingerprint density at radius 1 is 1.79 bits per heavy atom. The van der Waals surface area contributed by atoms with E-state index in [0.29, 0.717) is 12.1 Å². The lowest BCUT2D eigenvalue weighted by Crippen LogP contribution is -2.37. The minimum absolute atomic E-state index is 0.378. The SMILES string of the molecule is N#Cc1csc2c1CCNC2C(N)=O. The minimum atomic E-state index is -0.411. The molecule has 0 aliphatic carbocycles. The third-order valence-electron chi connectivity index (χ3n) is 2.32. The second kappa shape index (κ2) is 3.40. The molecule has 1 aromatic rings. The van der Waals surface area contributed by atoms with Crippen molar-refractivity contribution in [1.82, 2.24) is 5.32 Å². The summed E-state index contributed by atoms with van der Waals surface area (Å²) in [5.74, 6) is -0.378. The van der Waals surface area contributed by atoms with Gasteiger partial charge in [-0.1, -0.05) is 0 Å². The van der Waals surface area contributed by atoms with Crippen LogP contribution in [0.5, 0.6) is 0 Å². The molecule has 0 spiro atoms. The molecule has 0 radical (unpaired) electrons. The van der Waals surface area contributed by atoms with Crippen molar-refractivity contribution < 1.29 is 4.79 Å². The Morgan fingerprint density at radius 2 is 2.57 bits per heavy atom. The fourth-order valence-corrected chi connectivity index (χ4v) is 2.79. The molecule has 0 saturated heterocycles. The number of hydrogen-bond donors (Lipinski definition) is 2. The van der Waals surface area contributed by atoms with Gasteiger partial charge in [0.05, 0.1) is 5.56 Å². The van der Waals surface area contributed by atoms with Crippen LogP contribution in [0.4, 0.5) is 0 Å². The molecule has 14 heavy (non-hydrogen) atoms. The van der Waals surface area contributed by atoms with Crippen molar-refractivity contribution in [3.8, 4) is 6.07 Å². The predicted molar refractivity (Wildman–Crippen MR) is 52.7 cm³/mol. The lowest BCUT2D eigenvalue weighted by atomic mass is 10.00.